The fourth-order valence-corrected chi connectivity index (χ4v) is 2.98. The Morgan fingerprint density at radius 2 is 1.92 bits per heavy atom. The SMILES string of the molecule is CC(C)(C)OC(=O)N1C=CC2(C1)C(C(F)(F)F)=Nc1ccccc12. The lowest BCUT2D eigenvalue weighted by Gasteiger charge is -2.29. The van der Waals surface area contributed by atoms with Crippen LogP contribution in [0.15, 0.2) is 41.5 Å². The monoisotopic (exact) mass is 338 g/mol. The van der Waals surface area contributed by atoms with Crippen LogP contribution in [0.4, 0.5) is 23.7 Å². The summed E-state index contributed by atoms with van der Waals surface area (Å²) >= 11 is 0. The number of aliphatic imine (C=N–C) groups is 1. The number of benzene rings is 1. The van der Waals surface area contributed by atoms with Gasteiger partial charge in [-0.05, 0) is 38.5 Å². The maximum atomic E-state index is 13.5. The highest BCUT2D eigenvalue weighted by Crippen LogP contribution is 2.48. The number of carbonyl (C=O) groups is 1. The largest absolute Gasteiger partial charge is 0.443 e. The third-order valence-electron chi connectivity index (χ3n) is 3.89. The second-order valence-corrected chi connectivity index (χ2v) is 6.87. The summed E-state index contributed by atoms with van der Waals surface area (Å²) in [5.41, 5.74) is -2.39. The molecule has 2 aliphatic rings. The van der Waals surface area contributed by atoms with E-state index in [9.17, 15) is 18.0 Å². The molecule has 1 aromatic carbocycles. The highest BCUT2D eigenvalue weighted by molar-refractivity contribution is 6.08. The van der Waals surface area contributed by atoms with Crippen molar-refractivity contribution in [2.45, 2.75) is 38.0 Å². The maximum absolute atomic E-state index is 13.5. The van der Waals surface area contributed by atoms with Gasteiger partial charge in [-0.1, -0.05) is 18.2 Å². The van der Waals surface area contributed by atoms with Crippen LogP contribution in [0.2, 0.25) is 0 Å². The van der Waals surface area contributed by atoms with Crippen LogP contribution in [0.5, 0.6) is 0 Å². The maximum Gasteiger partial charge on any atom is 0.430 e. The molecule has 0 aromatic heterocycles. The van der Waals surface area contributed by atoms with Crippen molar-refractivity contribution in [1.29, 1.82) is 0 Å². The first-order valence-corrected chi connectivity index (χ1v) is 7.48. The molecule has 0 N–H and O–H groups in total. The van der Waals surface area contributed by atoms with Gasteiger partial charge in [-0.25, -0.2) is 9.79 Å². The summed E-state index contributed by atoms with van der Waals surface area (Å²) in [6.45, 7) is 4.92. The van der Waals surface area contributed by atoms with Gasteiger partial charge in [0.2, 0.25) is 0 Å². The average Bonchev–Trinajstić information content (AvgIpc) is 3.01. The van der Waals surface area contributed by atoms with Crippen molar-refractivity contribution < 1.29 is 22.7 Å². The first kappa shape index (κ1) is 16.5. The number of rotatable bonds is 0. The molecule has 0 fully saturated rings. The summed E-state index contributed by atoms with van der Waals surface area (Å²) in [7, 11) is 0. The van der Waals surface area contributed by atoms with Gasteiger partial charge in [0.1, 0.15) is 11.3 Å². The van der Waals surface area contributed by atoms with Crippen LogP contribution in [0.3, 0.4) is 0 Å². The zero-order chi connectivity index (χ0) is 17.8. The molecule has 3 rings (SSSR count). The summed E-state index contributed by atoms with van der Waals surface area (Å²) in [6.07, 6.45) is -2.54. The molecule has 4 nitrogen and oxygen atoms in total. The van der Waals surface area contributed by atoms with Gasteiger partial charge in [0, 0.05) is 12.7 Å². The summed E-state index contributed by atoms with van der Waals surface area (Å²) in [5, 5.41) is 0. The highest BCUT2D eigenvalue weighted by Gasteiger charge is 2.56. The first-order valence-electron chi connectivity index (χ1n) is 7.48. The zero-order valence-corrected chi connectivity index (χ0v) is 13.5. The average molecular weight is 338 g/mol. The van der Waals surface area contributed by atoms with E-state index in [0.717, 1.165) is 4.90 Å². The molecule has 1 amide bonds. The molecular formula is C17H17F3N2O2. The minimum atomic E-state index is -4.59. The number of hydrogen-bond donors (Lipinski definition) is 0. The van der Waals surface area contributed by atoms with Crippen molar-refractivity contribution in [3.63, 3.8) is 0 Å². The summed E-state index contributed by atoms with van der Waals surface area (Å²) in [6, 6.07) is 6.46. The molecule has 1 atom stereocenters. The van der Waals surface area contributed by atoms with E-state index in [1.54, 1.807) is 45.0 Å². The number of carbonyl (C=O) groups excluding carboxylic acids is 1. The van der Waals surface area contributed by atoms with E-state index in [1.807, 2.05) is 0 Å². The molecular weight excluding hydrogens is 321 g/mol. The molecule has 128 valence electrons. The van der Waals surface area contributed by atoms with E-state index in [0.29, 0.717) is 5.56 Å². The number of alkyl halides is 3. The zero-order valence-electron chi connectivity index (χ0n) is 13.5. The quantitative estimate of drug-likeness (QED) is 0.706. The summed E-state index contributed by atoms with van der Waals surface area (Å²) in [5.74, 6) is 0. The Morgan fingerprint density at radius 1 is 1.25 bits per heavy atom. The first-order chi connectivity index (χ1) is 11.0. The molecule has 1 aromatic rings. The van der Waals surface area contributed by atoms with E-state index >= 15 is 0 Å². The van der Waals surface area contributed by atoms with Crippen LogP contribution in [-0.2, 0) is 10.2 Å². The molecule has 0 radical (unpaired) electrons. The Kier molecular flexibility index (Phi) is 3.51. The minimum absolute atomic E-state index is 0.183. The topological polar surface area (TPSA) is 41.9 Å². The third-order valence-corrected chi connectivity index (χ3v) is 3.89. The third kappa shape index (κ3) is 2.68. The number of fused-ring (bicyclic) bond motifs is 2. The van der Waals surface area contributed by atoms with Gasteiger partial charge in [0.05, 0.1) is 11.1 Å². The number of halogens is 3. The smallest absolute Gasteiger partial charge is 0.430 e. The lowest BCUT2D eigenvalue weighted by molar-refractivity contribution is -0.0628. The second-order valence-electron chi connectivity index (χ2n) is 6.87. The molecule has 0 bridgehead atoms. The molecule has 2 heterocycles. The lowest BCUT2D eigenvalue weighted by Crippen LogP contribution is -2.46. The molecule has 2 aliphatic heterocycles. The van der Waals surface area contributed by atoms with Gasteiger partial charge in [-0.3, -0.25) is 4.90 Å². The van der Waals surface area contributed by atoms with Gasteiger partial charge in [-0.2, -0.15) is 13.2 Å². The van der Waals surface area contributed by atoms with Crippen LogP contribution in [0, 0.1) is 0 Å². The number of nitrogens with zero attached hydrogens (tertiary/aromatic N) is 2. The van der Waals surface area contributed by atoms with Crippen molar-refractivity contribution in [3.8, 4) is 0 Å². The Labute approximate surface area is 137 Å². The molecule has 0 saturated carbocycles. The van der Waals surface area contributed by atoms with E-state index in [2.05, 4.69) is 4.99 Å². The number of amides is 1. The second kappa shape index (κ2) is 5.09. The van der Waals surface area contributed by atoms with Gasteiger partial charge in [-0.15, -0.1) is 0 Å². The predicted octanol–water partition coefficient (Wildman–Crippen LogP) is 4.34. The van der Waals surface area contributed by atoms with Gasteiger partial charge >= 0.3 is 12.3 Å². The number of ether oxygens (including phenoxy) is 1. The Morgan fingerprint density at radius 3 is 2.54 bits per heavy atom. The van der Waals surface area contributed by atoms with Crippen molar-refractivity contribution >= 4 is 17.5 Å². The number of para-hydroxylation sites is 1. The van der Waals surface area contributed by atoms with Crippen molar-refractivity contribution in [2.75, 3.05) is 6.54 Å². The highest BCUT2D eigenvalue weighted by atomic mass is 19.4. The van der Waals surface area contributed by atoms with Crippen LogP contribution < -0.4 is 0 Å². The Bertz CT molecular complexity index is 747. The molecule has 0 aliphatic carbocycles. The van der Waals surface area contributed by atoms with Crippen molar-refractivity contribution in [2.24, 2.45) is 4.99 Å². The van der Waals surface area contributed by atoms with Gasteiger partial charge in [0.25, 0.3) is 0 Å². The van der Waals surface area contributed by atoms with Crippen LogP contribution in [0.1, 0.15) is 26.3 Å². The summed E-state index contributed by atoms with van der Waals surface area (Å²) in [4.78, 5) is 17.2. The summed E-state index contributed by atoms with van der Waals surface area (Å²) < 4.78 is 45.8. The normalized spacial score (nSPS) is 22.8. The van der Waals surface area contributed by atoms with Crippen molar-refractivity contribution in [3.05, 3.63) is 42.1 Å². The van der Waals surface area contributed by atoms with Crippen LogP contribution in [0.25, 0.3) is 0 Å². The molecule has 1 spiro atoms. The molecule has 24 heavy (non-hydrogen) atoms. The van der Waals surface area contributed by atoms with E-state index in [-0.39, 0.29) is 12.2 Å². The van der Waals surface area contributed by atoms with E-state index < -0.39 is 29.0 Å². The fraction of sp³-hybridized carbons (Fsp3) is 0.412. The Hall–Kier alpha value is -2.31. The van der Waals surface area contributed by atoms with Crippen molar-refractivity contribution in [1.82, 2.24) is 4.90 Å². The minimum Gasteiger partial charge on any atom is -0.443 e. The predicted molar refractivity (Wildman–Crippen MR) is 83.4 cm³/mol. The molecule has 7 heteroatoms. The standard InChI is InChI=1S/C17H17F3N2O2/c1-15(2,3)24-14(23)22-9-8-16(10-22)11-6-4-5-7-12(11)21-13(16)17(18,19)20/h4-9H,10H2,1-3H3. The van der Waals surface area contributed by atoms with Crippen LogP contribution in [-0.4, -0.2) is 35.0 Å². The molecule has 1 unspecified atom stereocenters. The fourth-order valence-electron chi connectivity index (χ4n) is 2.98. The van der Waals surface area contributed by atoms with E-state index in [4.69, 9.17) is 4.74 Å². The molecule has 0 saturated heterocycles. The number of hydrogen-bond acceptors (Lipinski definition) is 3. The lowest BCUT2D eigenvalue weighted by atomic mass is 9.78. The van der Waals surface area contributed by atoms with Gasteiger partial charge < -0.3 is 4.74 Å². The Balaban J connectivity index is 1.97. The van der Waals surface area contributed by atoms with Gasteiger partial charge in [0.15, 0.2) is 0 Å². The van der Waals surface area contributed by atoms with Crippen LogP contribution >= 0.6 is 0 Å². The van der Waals surface area contributed by atoms with E-state index in [1.165, 1.54) is 12.3 Å².